The minimum Gasteiger partial charge on any atom is -0.459 e. The molecule has 3 heterocycles. The third-order valence-corrected chi connectivity index (χ3v) is 5.60. The van der Waals surface area contributed by atoms with Gasteiger partial charge >= 0.3 is 0 Å². The third kappa shape index (κ3) is 4.46. The van der Waals surface area contributed by atoms with Crippen molar-refractivity contribution in [3.63, 3.8) is 0 Å². The number of furan rings is 1. The molecule has 0 spiro atoms. The fourth-order valence-electron chi connectivity index (χ4n) is 2.95. The Morgan fingerprint density at radius 1 is 1.15 bits per heavy atom. The molecule has 2 aromatic rings. The summed E-state index contributed by atoms with van der Waals surface area (Å²) in [5.41, 5.74) is 0. The number of amides is 1. The number of carbonyl (C=O) groups is 1. The Bertz CT molecular complexity index is 731. The molecule has 1 fully saturated rings. The van der Waals surface area contributed by atoms with E-state index in [9.17, 15) is 4.79 Å². The van der Waals surface area contributed by atoms with E-state index < -0.39 is 0 Å². The van der Waals surface area contributed by atoms with E-state index in [1.165, 1.54) is 16.0 Å². The van der Waals surface area contributed by atoms with Gasteiger partial charge < -0.3 is 19.5 Å². The van der Waals surface area contributed by atoms with Crippen LogP contribution in [0.25, 0.3) is 0 Å². The second-order valence-electron chi connectivity index (χ2n) is 6.15. The van der Waals surface area contributed by atoms with Crippen LogP contribution in [0.15, 0.2) is 39.9 Å². The first-order valence-electron chi connectivity index (χ1n) is 9.15. The SMILES string of the molecule is CCNC(=NCc1ccc(CC)s1)N1CCN(C(=O)c2ccco2)CC1. The van der Waals surface area contributed by atoms with Crippen molar-refractivity contribution in [3.8, 4) is 0 Å². The van der Waals surface area contributed by atoms with Gasteiger partial charge in [-0.3, -0.25) is 4.79 Å². The summed E-state index contributed by atoms with van der Waals surface area (Å²) in [6, 6.07) is 7.80. The molecule has 0 radical (unpaired) electrons. The molecule has 7 heteroatoms. The van der Waals surface area contributed by atoms with Gasteiger partial charge in [0.15, 0.2) is 11.7 Å². The van der Waals surface area contributed by atoms with Crippen LogP contribution in [0, 0.1) is 0 Å². The number of aliphatic imine (C=N–C) groups is 1. The molecule has 1 aliphatic rings. The Hall–Kier alpha value is -2.28. The lowest BCUT2D eigenvalue weighted by Gasteiger charge is -2.36. The van der Waals surface area contributed by atoms with E-state index in [0.717, 1.165) is 32.0 Å². The van der Waals surface area contributed by atoms with Gasteiger partial charge in [-0.05, 0) is 37.6 Å². The van der Waals surface area contributed by atoms with E-state index in [0.29, 0.717) is 25.4 Å². The highest BCUT2D eigenvalue weighted by molar-refractivity contribution is 7.11. The summed E-state index contributed by atoms with van der Waals surface area (Å²) in [5, 5.41) is 3.37. The van der Waals surface area contributed by atoms with Crippen LogP contribution >= 0.6 is 11.3 Å². The Balaban J connectivity index is 1.59. The van der Waals surface area contributed by atoms with Gasteiger partial charge in [-0.15, -0.1) is 11.3 Å². The van der Waals surface area contributed by atoms with Crippen LogP contribution in [0.2, 0.25) is 0 Å². The average Bonchev–Trinajstić information content (AvgIpc) is 3.36. The van der Waals surface area contributed by atoms with Crippen molar-refractivity contribution in [2.45, 2.75) is 26.8 Å². The largest absolute Gasteiger partial charge is 0.459 e. The van der Waals surface area contributed by atoms with Crippen molar-refractivity contribution >= 4 is 23.2 Å². The number of piperazine rings is 1. The van der Waals surface area contributed by atoms with Crippen molar-refractivity contribution in [1.82, 2.24) is 15.1 Å². The number of hydrogen-bond acceptors (Lipinski definition) is 4. The van der Waals surface area contributed by atoms with Crippen molar-refractivity contribution in [2.24, 2.45) is 4.99 Å². The van der Waals surface area contributed by atoms with Crippen molar-refractivity contribution in [2.75, 3.05) is 32.7 Å². The Kier molecular flexibility index (Phi) is 6.33. The van der Waals surface area contributed by atoms with Crippen LogP contribution in [0.3, 0.4) is 0 Å². The maximum atomic E-state index is 12.4. The molecule has 6 nitrogen and oxygen atoms in total. The minimum atomic E-state index is -0.0396. The number of thiophene rings is 1. The number of guanidine groups is 1. The molecule has 140 valence electrons. The predicted octanol–water partition coefficient (Wildman–Crippen LogP) is 2.83. The normalized spacial score (nSPS) is 15.4. The molecule has 0 saturated carbocycles. The minimum absolute atomic E-state index is 0.0396. The van der Waals surface area contributed by atoms with E-state index in [2.05, 4.69) is 36.2 Å². The lowest BCUT2D eigenvalue weighted by molar-refractivity contribution is 0.0657. The lowest BCUT2D eigenvalue weighted by atomic mass is 10.3. The fourth-order valence-corrected chi connectivity index (χ4v) is 3.84. The Morgan fingerprint density at radius 3 is 2.50 bits per heavy atom. The first kappa shape index (κ1) is 18.5. The quantitative estimate of drug-likeness (QED) is 0.646. The van der Waals surface area contributed by atoms with Crippen molar-refractivity contribution < 1.29 is 9.21 Å². The summed E-state index contributed by atoms with van der Waals surface area (Å²) >= 11 is 1.83. The van der Waals surface area contributed by atoms with Gasteiger partial charge in [-0.25, -0.2) is 4.99 Å². The van der Waals surface area contributed by atoms with Crippen molar-refractivity contribution in [1.29, 1.82) is 0 Å². The maximum absolute atomic E-state index is 12.4. The van der Waals surface area contributed by atoms with Gasteiger partial charge in [0.2, 0.25) is 0 Å². The summed E-state index contributed by atoms with van der Waals surface area (Å²) in [4.78, 5) is 23.9. The van der Waals surface area contributed by atoms with Crippen LogP contribution < -0.4 is 5.32 Å². The van der Waals surface area contributed by atoms with Crippen LogP contribution in [0.1, 0.15) is 34.2 Å². The fraction of sp³-hybridized carbons (Fsp3) is 0.474. The van der Waals surface area contributed by atoms with Crippen LogP contribution in [-0.4, -0.2) is 54.4 Å². The molecule has 0 aromatic carbocycles. The van der Waals surface area contributed by atoms with Gasteiger partial charge in [0.1, 0.15) is 0 Å². The number of nitrogens with zero attached hydrogens (tertiary/aromatic N) is 3. The van der Waals surface area contributed by atoms with E-state index in [1.54, 1.807) is 12.1 Å². The predicted molar refractivity (Wildman–Crippen MR) is 105 cm³/mol. The van der Waals surface area contributed by atoms with Gasteiger partial charge in [-0.1, -0.05) is 6.92 Å². The van der Waals surface area contributed by atoms with Gasteiger partial charge in [0, 0.05) is 42.5 Å². The molecule has 1 N–H and O–H groups in total. The third-order valence-electron chi connectivity index (χ3n) is 4.38. The first-order chi connectivity index (χ1) is 12.7. The molecule has 1 aliphatic heterocycles. The van der Waals surface area contributed by atoms with E-state index in [-0.39, 0.29) is 5.91 Å². The summed E-state index contributed by atoms with van der Waals surface area (Å²) < 4.78 is 5.22. The highest BCUT2D eigenvalue weighted by Gasteiger charge is 2.25. The summed E-state index contributed by atoms with van der Waals surface area (Å²) in [7, 11) is 0. The summed E-state index contributed by atoms with van der Waals surface area (Å²) in [6.45, 7) is 8.64. The molecule has 0 unspecified atom stereocenters. The standard InChI is InChI=1S/C19H26N4O2S/c1-3-15-7-8-16(26-15)14-21-19(20-4-2)23-11-9-22(10-12-23)18(24)17-6-5-13-25-17/h5-8,13H,3-4,9-12,14H2,1-2H3,(H,20,21). The van der Waals surface area contributed by atoms with E-state index in [4.69, 9.17) is 9.41 Å². The lowest BCUT2D eigenvalue weighted by Crippen LogP contribution is -2.53. The zero-order valence-electron chi connectivity index (χ0n) is 15.4. The molecule has 1 amide bonds. The molecular formula is C19H26N4O2S. The number of nitrogens with one attached hydrogen (secondary N) is 1. The molecule has 26 heavy (non-hydrogen) atoms. The van der Waals surface area contributed by atoms with E-state index in [1.807, 2.05) is 16.2 Å². The van der Waals surface area contributed by atoms with Gasteiger partial charge in [0.05, 0.1) is 12.8 Å². The van der Waals surface area contributed by atoms with Crippen LogP contribution in [0.5, 0.6) is 0 Å². The molecular weight excluding hydrogens is 348 g/mol. The maximum Gasteiger partial charge on any atom is 0.289 e. The number of aryl methyl sites for hydroxylation is 1. The van der Waals surface area contributed by atoms with Crippen LogP contribution in [-0.2, 0) is 13.0 Å². The molecule has 0 aliphatic carbocycles. The molecule has 2 aromatic heterocycles. The second-order valence-corrected chi connectivity index (χ2v) is 7.40. The molecule has 1 saturated heterocycles. The zero-order valence-corrected chi connectivity index (χ0v) is 16.2. The summed E-state index contributed by atoms with van der Waals surface area (Å²) in [5.74, 6) is 1.29. The highest BCUT2D eigenvalue weighted by Crippen LogP contribution is 2.18. The van der Waals surface area contributed by atoms with E-state index >= 15 is 0 Å². The smallest absolute Gasteiger partial charge is 0.289 e. The average molecular weight is 375 g/mol. The Morgan fingerprint density at radius 2 is 1.88 bits per heavy atom. The van der Waals surface area contributed by atoms with Crippen molar-refractivity contribution in [3.05, 3.63) is 46.0 Å². The molecule has 3 rings (SSSR count). The zero-order chi connectivity index (χ0) is 18.4. The summed E-state index contributed by atoms with van der Waals surface area (Å²) in [6.07, 6.45) is 2.61. The number of rotatable bonds is 5. The Labute approximate surface area is 158 Å². The second kappa shape index (κ2) is 8.89. The number of carbonyl (C=O) groups excluding carboxylic acids is 1. The number of hydrogen-bond donors (Lipinski definition) is 1. The molecule has 0 bridgehead atoms. The van der Waals surface area contributed by atoms with Crippen LogP contribution in [0.4, 0.5) is 0 Å². The monoisotopic (exact) mass is 374 g/mol. The molecule has 0 atom stereocenters. The highest BCUT2D eigenvalue weighted by atomic mass is 32.1. The topological polar surface area (TPSA) is 61.1 Å². The van der Waals surface area contributed by atoms with Gasteiger partial charge in [-0.2, -0.15) is 0 Å². The van der Waals surface area contributed by atoms with Gasteiger partial charge in [0.25, 0.3) is 5.91 Å². The first-order valence-corrected chi connectivity index (χ1v) is 9.96.